The van der Waals surface area contributed by atoms with Crippen LogP contribution in [0.25, 0.3) is 11.6 Å². The number of carbonyl (C=O) groups excluding carboxylic acids is 1. The van der Waals surface area contributed by atoms with Gasteiger partial charge in [0, 0.05) is 16.1 Å². The number of hydrogen-bond donors (Lipinski definition) is 2. The van der Waals surface area contributed by atoms with E-state index in [1.54, 1.807) is 23.5 Å². The molecule has 17 heavy (non-hydrogen) atoms. The first-order chi connectivity index (χ1) is 8.24. The van der Waals surface area contributed by atoms with Crippen LogP contribution in [0.5, 0.6) is 0 Å². The number of carbonyl (C=O) groups is 1. The molecule has 4 heteroatoms. The quantitative estimate of drug-likeness (QED) is 0.596. The van der Waals surface area contributed by atoms with Crippen LogP contribution < -0.4 is 11.1 Å². The molecule has 0 fully saturated rings. The fraction of sp³-hybridized carbons (Fsp3) is 0. The fourth-order valence-corrected chi connectivity index (χ4v) is 2.53. The van der Waals surface area contributed by atoms with Crippen molar-refractivity contribution in [1.82, 2.24) is 0 Å². The molecule has 0 aliphatic carbocycles. The van der Waals surface area contributed by atoms with Crippen molar-refractivity contribution in [1.29, 1.82) is 0 Å². The van der Waals surface area contributed by atoms with Gasteiger partial charge in [-0.15, -0.1) is 11.3 Å². The molecule has 2 aromatic rings. The Morgan fingerprint density at radius 1 is 1.29 bits per heavy atom. The fourth-order valence-electron chi connectivity index (χ4n) is 1.87. The minimum Gasteiger partial charge on any atom is -0.399 e. The Bertz CT molecular complexity index is 614. The number of rotatable bonds is 1. The highest BCUT2D eigenvalue weighted by Crippen LogP contribution is 2.34. The Morgan fingerprint density at radius 2 is 2.18 bits per heavy atom. The number of nitrogens with one attached hydrogen (secondary N) is 1. The van der Waals surface area contributed by atoms with Crippen LogP contribution in [0.3, 0.4) is 0 Å². The molecule has 0 atom stereocenters. The summed E-state index contributed by atoms with van der Waals surface area (Å²) in [6, 6.07) is 9.42. The molecule has 1 aliphatic rings. The molecule has 0 saturated heterocycles. The van der Waals surface area contributed by atoms with Gasteiger partial charge in [0.25, 0.3) is 5.91 Å². The summed E-state index contributed by atoms with van der Waals surface area (Å²) < 4.78 is 0. The Balaban J connectivity index is 2.11. The minimum atomic E-state index is -0.0704. The second-order valence-corrected chi connectivity index (χ2v) is 4.81. The van der Waals surface area contributed by atoms with Gasteiger partial charge in [-0.2, -0.15) is 0 Å². The number of nitrogens with two attached hydrogens (primary N) is 1. The van der Waals surface area contributed by atoms with Crippen molar-refractivity contribution in [2.45, 2.75) is 0 Å². The Labute approximate surface area is 103 Å². The summed E-state index contributed by atoms with van der Waals surface area (Å²) in [6.07, 6.45) is 1.90. The average molecular weight is 242 g/mol. The van der Waals surface area contributed by atoms with Gasteiger partial charge in [-0.25, -0.2) is 0 Å². The van der Waals surface area contributed by atoms with E-state index < -0.39 is 0 Å². The van der Waals surface area contributed by atoms with E-state index in [0.29, 0.717) is 11.3 Å². The Morgan fingerprint density at radius 3 is 2.94 bits per heavy atom. The van der Waals surface area contributed by atoms with Gasteiger partial charge in [-0.1, -0.05) is 12.1 Å². The molecule has 84 valence electrons. The number of benzene rings is 1. The largest absolute Gasteiger partial charge is 0.399 e. The topological polar surface area (TPSA) is 55.1 Å². The molecule has 3 rings (SSSR count). The van der Waals surface area contributed by atoms with E-state index in [2.05, 4.69) is 5.32 Å². The summed E-state index contributed by atoms with van der Waals surface area (Å²) in [5.41, 5.74) is 8.74. The zero-order valence-corrected chi connectivity index (χ0v) is 9.75. The minimum absolute atomic E-state index is 0.0704. The second-order valence-electron chi connectivity index (χ2n) is 3.83. The first-order valence-corrected chi connectivity index (χ1v) is 6.08. The molecule has 0 spiro atoms. The van der Waals surface area contributed by atoms with Gasteiger partial charge < -0.3 is 11.1 Å². The van der Waals surface area contributed by atoms with E-state index in [0.717, 1.165) is 16.1 Å². The van der Waals surface area contributed by atoms with Gasteiger partial charge in [0.05, 0.1) is 11.3 Å². The van der Waals surface area contributed by atoms with Crippen molar-refractivity contribution in [3.63, 3.8) is 0 Å². The second kappa shape index (κ2) is 3.75. The van der Waals surface area contributed by atoms with Crippen molar-refractivity contribution in [2.75, 3.05) is 11.1 Å². The maximum atomic E-state index is 11.9. The van der Waals surface area contributed by atoms with E-state index in [1.165, 1.54) is 0 Å². The van der Waals surface area contributed by atoms with Crippen LogP contribution in [-0.2, 0) is 4.79 Å². The van der Waals surface area contributed by atoms with E-state index in [1.807, 2.05) is 29.7 Å². The van der Waals surface area contributed by atoms with Crippen molar-refractivity contribution in [3.8, 4) is 0 Å². The summed E-state index contributed by atoms with van der Waals surface area (Å²) in [6.45, 7) is 0. The van der Waals surface area contributed by atoms with E-state index in [4.69, 9.17) is 5.73 Å². The number of hydrogen-bond acceptors (Lipinski definition) is 3. The lowest BCUT2D eigenvalue weighted by molar-refractivity contribution is -0.110. The summed E-state index contributed by atoms with van der Waals surface area (Å²) in [7, 11) is 0. The third-order valence-electron chi connectivity index (χ3n) is 2.66. The van der Waals surface area contributed by atoms with Gasteiger partial charge in [-0.05, 0) is 29.7 Å². The zero-order valence-electron chi connectivity index (χ0n) is 8.94. The predicted octanol–water partition coefficient (Wildman–Crippen LogP) is 2.82. The highest BCUT2D eigenvalue weighted by Gasteiger charge is 2.23. The van der Waals surface area contributed by atoms with Crippen molar-refractivity contribution >= 4 is 40.3 Å². The van der Waals surface area contributed by atoms with Crippen LogP contribution in [0.4, 0.5) is 11.4 Å². The van der Waals surface area contributed by atoms with Gasteiger partial charge in [0.1, 0.15) is 0 Å². The smallest absolute Gasteiger partial charge is 0.256 e. The SMILES string of the molecule is Nc1ccc2c(c1)NC(=O)C2=Cc1cccs1. The van der Waals surface area contributed by atoms with Crippen LogP contribution in [0, 0.1) is 0 Å². The Hall–Kier alpha value is -2.07. The maximum absolute atomic E-state index is 11.9. The molecule has 3 nitrogen and oxygen atoms in total. The van der Waals surface area contributed by atoms with Crippen molar-refractivity contribution in [3.05, 3.63) is 46.2 Å². The van der Waals surface area contributed by atoms with Crippen LogP contribution in [0.1, 0.15) is 10.4 Å². The molecular weight excluding hydrogens is 232 g/mol. The van der Waals surface area contributed by atoms with Crippen molar-refractivity contribution in [2.24, 2.45) is 0 Å². The molecule has 1 aliphatic heterocycles. The number of nitrogen functional groups attached to an aromatic ring is 1. The first-order valence-electron chi connectivity index (χ1n) is 5.20. The number of thiophene rings is 1. The van der Waals surface area contributed by atoms with E-state index in [-0.39, 0.29) is 5.91 Å². The number of anilines is 2. The van der Waals surface area contributed by atoms with Crippen LogP contribution in [0.2, 0.25) is 0 Å². The van der Waals surface area contributed by atoms with Gasteiger partial charge in [0.15, 0.2) is 0 Å². The summed E-state index contributed by atoms with van der Waals surface area (Å²) >= 11 is 1.61. The summed E-state index contributed by atoms with van der Waals surface area (Å²) in [5, 5.41) is 4.81. The normalized spacial score (nSPS) is 16.0. The molecule has 1 aromatic heterocycles. The van der Waals surface area contributed by atoms with Crippen LogP contribution >= 0.6 is 11.3 Å². The highest BCUT2D eigenvalue weighted by molar-refractivity contribution is 7.11. The first kappa shape index (κ1) is 10.1. The van der Waals surface area contributed by atoms with Crippen LogP contribution in [-0.4, -0.2) is 5.91 Å². The third-order valence-corrected chi connectivity index (χ3v) is 3.48. The molecule has 0 bridgehead atoms. The van der Waals surface area contributed by atoms with Gasteiger partial charge >= 0.3 is 0 Å². The summed E-state index contributed by atoms with van der Waals surface area (Å²) in [4.78, 5) is 12.9. The number of amides is 1. The van der Waals surface area contributed by atoms with Crippen molar-refractivity contribution < 1.29 is 4.79 Å². The van der Waals surface area contributed by atoms with E-state index in [9.17, 15) is 4.79 Å². The average Bonchev–Trinajstić information content (AvgIpc) is 2.88. The zero-order chi connectivity index (χ0) is 11.8. The molecule has 0 unspecified atom stereocenters. The molecule has 1 aromatic carbocycles. The molecule has 0 radical (unpaired) electrons. The molecular formula is C13H10N2OS. The van der Waals surface area contributed by atoms with Crippen LogP contribution in [0.15, 0.2) is 35.7 Å². The maximum Gasteiger partial charge on any atom is 0.256 e. The van der Waals surface area contributed by atoms with Gasteiger partial charge in [-0.3, -0.25) is 4.79 Å². The standard InChI is InChI=1S/C13H10N2OS/c14-8-3-4-10-11(7-9-2-1-5-17-9)13(16)15-12(10)6-8/h1-7H,14H2,(H,15,16). The van der Waals surface area contributed by atoms with Gasteiger partial charge in [0.2, 0.25) is 0 Å². The molecule has 1 amide bonds. The third kappa shape index (κ3) is 1.72. The number of fused-ring (bicyclic) bond motifs is 1. The lowest BCUT2D eigenvalue weighted by Gasteiger charge is -1.99. The molecule has 3 N–H and O–H groups in total. The molecule has 0 saturated carbocycles. The Kier molecular flexibility index (Phi) is 2.23. The highest BCUT2D eigenvalue weighted by atomic mass is 32.1. The van der Waals surface area contributed by atoms with E-state index >= 15 is 0 Å². The lowest BCUT2D eigenvalue weighted by Crippen LogP contribution is -2.03. The predicted molar refractivity (Wildman–Crippen MR) is 71.7 cm³/mol. The summed E-state index contributed by atoms with van der Waals surface area (Å²) in [5.74, 6) is -0.0704. The molecule has 2 heterocycles. The lowest BCUT2D eigenvalue weighted by atomic mass is 10.1. The monoisotopic (exact) mass is 242 g/mol.